The maximum Gasteiger partial charge on any atom is 0.431 e. The van der Waals surface area contributed by atoms with Crippen molar-refractivity contribution in [3.63, 3.8) is 0 Å². The lowest BCUT2D eigenvalue weighted by molar-refractivity contribution is -0.315. The number of likely N-dealkylation sites (N-methyl/N-ethyl adjacent to an activating group) is 1. The lowest BCUT2D eigenvalue weighted by Crippen LogP contribution is -2.71. The minimum absolute atomic E-state index is 0.0559. The highest BCUT2D eigenvalue weighted by Gasteiger charge is 2.70. The van der Waals surface area contributed by atoms with E-state index in [4.69, 9.17) is 4.74 Å². The van der Waals surface area contributed by atoms with E-state index >= 15 is 0 Å². The van der Waals surface area contributed by atoms with Gasteiger partial charge in [0.15, 0.2) is 0 Å². The van der Waals surface area contributed by atoms with Crippen LogP contribution in [0.15, 0.2) is 48.5 Å². The zero-order chi connectivity index (χ0) is 35.5. The van der Waals surface area contributed by atoms with Gasteiger partial charge in [-0.05, 0) is 62.4 Å². The fourth-order valence-electron chi connectivity index (χ4n) is 9.37. The number of hydrogen-bond donors (Lipinski definition) is 2. The molecule has 15 heteroatoms. The average molecular weight is 702 g/mol. The Morgan fingerprint density at radius 2 is 1.86 bits per heavy atom. The quantitative estimate of drug-likeness (QED) is 0.391. The van der Waals surface area contributed by atoms with Crippen LogP contribution in [0.2, 0.25) is 0 Å². The molecular formula is C35H36F5N5O5. The second-order valence-corrected chi connectivity index (χ2v) is 14.3. The molecule has 2 aromatic carbocycles. The Bertz CT molecular complexity index is 1900. The number of amides is 3. The number of aromatic nitrogens is 1. The summed E-state index contributed by atoms with van der Waals surface area (Å²) in [5.74, 6) is -5.10. The van der Waals surface area contributed by atoms with Gasteiger partial charge in [0, 0.05) is 36.9 Å². The minimum Gasteiger partial charge on any atom is -0.347 e. The zero-order valence-corrected chi connectivity index (χ0v) is 27.3. The van der Waals surface area contributed by atoms with Gasteiger partial charge in [0.2, 0.25) is 17.5 Å². The van der Waals surface area contributed by atoms with Gasteiger partial charge in [0.1, 0.15) is 17.8 Å². The van der Waals surface area contributed by atoms with Crippen molar-refractivity contribution in [2.24, 2.45) is 5.92 Å². The highest BCUT2D eigenvalue weighted by atomic mass is 19.4. The molecule has 5 aliphatic rings. The van der Waals surface area contributed by atoms with Crippen LogP contribution in [-0.2, 0) is 38.1 Å². The number of piperazine rings is 1. The van der Waals surface area contributed by atoms with Gasteiger partial charge in [-0.15, -0.1) is 0 Å². The highest BCUT2D eigenvalue weighted by molar-refractivity contribution is 5.97. The predicted molar refractivity (Wildman–Crippen MR) is 167 cm³/mol. The third-order valence-electron chi connectivity index (χ3n) is 11.4. The number of nitrogens with zero attached hydrogens (tertiary/aromatic N) is 4. The Kier molecular flexibility index (Phi) is 7.42. The van der Waals surface area contributed by atoms with Crippen LogP contribution in [0.4, 0.5) is 22.0 Å². The first kappa shape index (κ1) is 33.1. The number of fused-ring (bicyclic) bond motifs is 5. The molecule has 10 nitrogen and oxygen atoms in total. The monoisotopic (exact) mass is 701 g/mol. The Hall–Kier alpha value is -4.08. The van der Waals surface area contributed by atoms with E-state index in [0.29, 0.717) is 24.9 Å². The van der Waals surface area contributed by atoms with Gasteiger partial charge in [-0.2, -0.15) is 22.0 Å². The van der Waals surface area contributed by atoms with E-state index in [1.807, 2.05) is 30.3 Å². The molecule has 2 N–H and O–H groups in total. The van der Waals surface area contributed by atoms with Crippen LogP contribution in [0.3, 0.4) is 0 Å². The second kappa shape index (κ2) is 11.2. The van der Waals surface area contributed by atoms with Gasteiger partial charge in [-0.1, -0.05) is 42.5 Å². The number of likely N-dealkylation sites (tertiary alicyclic amines) is 1. The largest absolute Gasteiger partial charge is 0.431 e. The van der Waals surface area contributed by atoms with Crippen LogP contribution >= 0.6 is 0 Å². The number of ether oxygens (including phenoxy) is 1. The van der Waals surface area contributed by atoms with Crippen LogP contribution in [0.1, 0.15) is 61.0 Å². The standard InChI is InChI=1S/C35H36F5N5O5/c1-33(31(48)45-25(14-18-8-4-3-5-9-18)30(47)43-13-7-12-26(43)35(45,49)50-33)41-29(46)19-15-21-20-10-6-11-23-27(20)22(16-24(21)42(2)17-19)28(34(38,39)40)44(23)32(36)37/h3-6,8-11,19,21,24-26,32,49H,7,12-17H2,1-2H3,(H,41,46)/t19-,21-,24-,25+,26+,33-,35+/m1/s1. The molecule has 1 aromatic heterocycles. The summed E-state index contributed by atoms with van der Waals surface area (Å²) >= 11 is 0. The van der Waals surface area contributed by atoms with Crippen LogP contribution in [0, 0.1) is 5.92 Å². The van der Waals surface area contributed by atoms with Gasteiger partial charge < -0.3 is 20.2 Å². The van der Waals surface area contributed by atoms with Gasteiger partial charge in [-0.3, -0.25) is 28.6 Å². The Balaban J connectivity index is 1.10. The van der Waals surface area contributed by atoms with E-state index in [9.17, 15) is 41.4 Å². The normalized spacial score (nSPS) is 32.5. The first-order valence-corrected chi connectivity index (χ1v) is 16.8. The molecule has 4 aliphatic heterocycles. The maximum absolute atomic E-state index is 14.3. The number of alkyl halides is 5. The summed E-state index contributed by atoms with van der Waals surface area (Å²) < 4.78 is 77.3. The number of hydrogen-bond acceptors (Lipinski definition) is 6. The minimum atomic E-state index is -5.01. The number of nitrogens with one attached hydrogen (secondary N) is 1. The molecule has 4 fully saturated rings. The summed E-state index contributed by atoms with van der Waals surface area (Å²) in [6.45, 7) is -1.56. The molecule has 4 saturated heterocycles. The van der Waals surface area contributed by atoms with Crippen LogP contribution in [0.5, 0.6) is 0 Å². The Morgan fingerprint density at radius 1 is 1.12 bits per heavy atom. The number of aliphatic hydroxyl groups is 1. The van der Waals surface area contributed by atoms with E-state index in [0.717, 1.165) is 10.5 Å². The van der Waals surface area contributed by atoms with Crippen LogP contribution in [-0.4, -0.2) is 92.0 Å². The van der Waals surface area contributed by atoms with E-state index < -0.39 is 71.8 Å². The maximum atomic E-state index is 14.3. The molecule has 0 radical (unpaired) electrons. The fourth-order valence-corrected chi connectivity index (χ4v) is 9.37. The van der Waals surface area contributed by atoms with Crippen molar-refractivity contribution < 1.29 is 46.2 Å². The molecule has 50 heavy (non-hydrogen) atoms. The summed E-state index contributed by atoms with van der Waals surface area (Å²) in [5, 5.41) is 14.9. The average Bonchev–Trinajstić information content (AvgIpc) is 3.74. The first-order chi connectivity index (χ1) is 23.6. The lowest BCUT2D eigenvalue weighted by Gasteiger charge is -2.48. The summed E-state index contributed by atoms with van der Waals surface area (Å²) in [6.07, 6.45) is -3.86. The van der Waals surface area contributed by atoms with Gasteiger partial charge in [-0.25, -0.2) is 0 Å². The second-order valence-electron chi connectivity index (χ2n) is 14.3. The van der Waals surface area contributed by atoms with E-state index in [1.165, 1.54) is 19.1 Å². The number of carbonyl (C=O) groups excluding carboxylic acids is 3. The lowest BCUT2D eigenvalue weighted by atomic mass is 9.72. The topological polar surface area (TPSA) is 107 Å². The molecule has 0 spiro atoms. The van der Waals surface area contributed by atoms with Crippen molar-refractivity contribution in [3.05, 3.63) is 70.9 Å². The third-order valence-corrected chi connectivity index (χ3v) is 11.4. The molecule has 8 rings (SSSR count). The molecular weight excluding hydrogens is 665 g/mol. The summed E-state index contributed by atoms with van der Waals surface area (Å²) in [6, 6.07) is 11.0. The molecule has 0 saturated carbocycles. The number of halogens is 5. The molecule has 3 aromatic rings. The molecule has 0 bridgehead atoms. The van der Waals surface area contributed by atoms with Gasteiger partial charge >= 0.3 is 12.7 Å². The van der Waals surface area contributed by atoms with Crippen molar-refractivity contribution in [1.29, 1.82) is 0 Å². The van der Waals surface area contributed by atoms with Crippen molar-refractivity contribution >= 4 is 28.6 Å². The molecule has 3 amide bonds. The van der Waals surface area contributed by atoms with Crippen LogP contribution < -0.4 is 5.32 Å². The molecule has 1 aliphatic carbocycles. The van der Waals surface area contributed by atoms with Crippen molar-refractivity contribution in [2.75, 3.05) is 20.1 Å². The van der Waals surface area contributed by atoms with E-state index in [-0.39, 0.29) is 52.7 Å². The summed E-state index contributed by atoms with van der Waals surface area (Å²) in [7, 11) is 1.68. The van der Waals surface area contributed by atoms with Crippen LogP contribution in [0.25, 0.3) is 10.9 Å². The first-order valence-electron chi connectivity index (χ1n) is 16.8. The predicted octanol–water partition coefficient (Wildman–Crippen LogP) is 3.97. The van der Waals surface area contributed by atoms with Gasteiger partial charge in [0.25, 0.3) is 11.8 Å². The fraction of sp³-hybridized carbons (Fsp3) is 0.514. The van der Waals surface area contributed by atoms with E-state index in [1.54, 1.807) is 22.9 Å². The Morgan fingerprint density at radius 3 is 2.56 bits per heavy atom. The number of carbonyl (C=O) groups is 3. The summed E-state index contributed by atoms with van der Waals surface area (Å²) in [5.41, 5.74) is -2.56. The van der Waals surface area contributed by atoms with Crippen molar-refractivity contribution in [2.45, 2.75) is 87.4 Å². The van der Waals surface area contributed by atoms with E-state index in [2.05, 4.69) is 5.32 Å². The molecule has 7 atom stereocenters. The van der Waals surface area contributed by atoms with Crippen molar-refractivity contribution in [3.8, 4) is 0 Å². The summed E-state index contributed by atoms with van der Waals surface area (Å²) in [4.78, 5) is 46.4. The Labute approximate surface area is 283 Å². The van der Waals surface area contributed by atoms with Crippen molar-refractivity contribution in [1.82, 2.24) is 24.6 Å². The highest BCUT2D eigenvalue weighted by Crippen LogP contribution is 2.51. The molecule has 0 unspecified atom stereocenters. The zero-order valence-electron chi connectivity index (χ0n) is 27.3. The SMILES string of the molecule is CN1C[C@H](C(=O)N[C@]2(C)O[C@@]3(O)[C@@H]4CCCN4C(=O)[C@H](Cc4ccccc4)N3C2=O)C[C@@H]2c3cccc4c3c(c(C(F)(F)F)n4C(F)F)C[C@H]21. The third kappa shape index (κ3) is 4.72. The smallest absolute Gasteiger partial charge is 0.347 e. The molecule has 266 valence electrons. The van der Waals surface area contributed by atoms with Gasteiger partial charge in [0.05, 0.1) is 11.4 Å². The number of rotatable bonds is 5. The number of benzene rings is 2. The number of piperidine rings is 1. The molecule has 5 heterocycles.